The Morgan fingerprint density at radius 3 is 2.48 bits per heavy atom. The largest absolute Gasteiger partial charge is 0.388 e. The Morgan fingerprint density at radius 2 is 1.88 bits per heavy atom. The topological polar surface area (TPSA) is 88.4 Å². The van der Waals surface area contributed by atoms with E-state index in [1.807, 2.05) is 24.3 Å². The van der Waals surface area contributed by atoms with Crippen LogP contribution in [-0.2, 0) is 0 Å². The second-order valence-electron chi connectivity index (χ2n) is 7.18. The average Bonchev–Trinajstić information content (AvgIpc) is 3.08. The lowest BCUT2D eigenvalue weighted by Gasteiger charge is -2.34. The maximum atomic E-state index is 12.1. The molecule has 1 aliphatic carbocycles. The van der Waals surface area contributed by atoms with Gasteiger partial charge < -0.3 is 20.6 Å². The van der Waals surface area contributed by atoms with Crippen molar-refractivity contribution in [3.63, 3.8) is 0 Å². The second kappa shape index (κ2) is 7.75. The predicted octanol–water partition coefficient (Wildman–Crippen LogP) is 2.13. The van der Waals surface area contributed by atoms with Crippen LogP contribution in [-0.4, -0.2) is 42.4 Å². The maximum absolute atomic E-state index is 12.1. The lowest BCUT2D eigenvalue weighted by atomic mass is 10.0. The van der Waals surface area contributed by atoms with Crippen LogP contribution in [0.1, 0.15) is 44.1 Å². The molecule has 0 bridgehead atoms. The number of nitrogens with one attached hydrogen (secondary N) is 2. The van der Waals surface area contributed by atoms with Crippen LogP contribution in [0.15, 0.2) is 24.3 Å². The molecule has 134 valence electrons. The van der Waals surface area contributed by atoms with Gasteiger partial charge in [-0.1, -0.05) is 12.8 Å². The number of carbonyl (C=O) groups is 1. The molecule has 1 saturated heterocycles. The minimum Gasteiger partial charge on any atom is -0.388 e. The summed E-state index contributed by atoms with van der Waals surface area (Å²) in [5, 5.41) is 25.0. The smallest absolute Gasteiger partial charge is 0.315 e. The highest BCUT2D eigenvalue weighted by Crippen LogP contribution is 2.28. The third kappa shape index (κ3) is 4.64. The Balaban J connectivity index is 1.41. The Bertz CT molecular complexity index is 624. The van der Waals surface area contributed by atoms with Gasteiger partial charge in [-0.3, -0.25) is 0 Å². The molecule has 6 heteroatoms. The van der Waals surface area contributed by atoms with E-state index in [0.29, 0.717) is 12.1 Å². The molecule has 1 aliphatic heterocycles. The van der Waals surface area contributed by atoms with Gasteiger partial charge in [0.1, 0.15) is 0 Å². The molecule has 3 N–H and O–H groups in total. The van der Waals surface area contributed by atoms with Crippen LogP contribution in [0.2, 0.25) is 0 Å². The molecule has 2 fully saturated rings. The lowest BCUT2D eigenvalue weighted by Crippen LogP contribution is -2.50. The molecule has 2 aliphatic rings. The van der Waals surface area contributed by atoms with Gasteiger partial charge in [-0.15, -0.1) is 0 Å². The quantitative estimate of drug-likeness (QED) is 0.782. The normalized spacial score (nSPS) is 20.1. The molecule has 3 rings (SSSR count). The number of benzene rings is 1. The summed E-state index contributed by atoms with van der Waals surface area (Å²) in [7, 11) is 0. The highest BCUT2D eigenvalue weighted by atomic mass is 16.3. The predicted molar refractivity (Wildman–Crippen MR) is 96.3 cm³/mol. The van der Waals surface area contributed by atoms with Crippen LogP contribution >= 0.6 is 0 Å². The van der Waals surface area contributed by atoms with Gasteiger partial charge in [0.25, 0.3) is 0 Å². The first-order valence-electron chi connectivity index (χ1n) is 9.10. The van der Waals surface area contributed by atoms with Gasteiger partial charge in [0.2, 0.25) is 0 Å². The maximum Gasteiger partial charge on any atom is 0.315 e. The van der Waals surface area contributed by atoms with Crippen molar-refractivity contribution in [1.29, 1.82) is 5.26 Å². The van der Waals surface area contributed by atoms with Crippen molar-refractivity contribution in [2.75, 3.05) is 24.5 Å². The first kappa shape index (κ1) is 17.6. The minimum absolute atomic E-state index is 0.160. The molecule has 0 atom stereocenters. The van der Waals surface area contributed by atoms with Crippen LogP contribution in [0, 0.1) is 11.3 Å². The van der Waals surface area contributed by atoms with Crippen LogP contribution < -0.4 is 15.5 Å². The SMILES string of the molecule is N#Cc1ccc(N2CCC(NC(=O)NCC3(O)CCCC3)CC2)cc1. The molecule has 1 saturated carbocycles. The average molecular weight is 342 g/mol. The molecule has 1 aromatic carbocycles. The summed E-state index contributed by atoms with van der Waals surface area (Å²) in [6, 6.07) is 9.72. The van der Waals surface area contributed by atoms with E-state index in [2.05, 4.69) is 21.6 Å². The summed E-state index contributed by atoms with van der Waals surface area (Å²) >= 11 is 0. The number of anilines is 1. The van der Waals surface area contributed by atoms with E-state index < -0.39 is 5.60 Å². The fourth-order valence-electron chi connectivity index (χ4n) is 3.72. The highest BCUT2D eigenvalue weighted by molar-refractivity contribution is 5.74. The van der Waals surface area contributed by atoms with Crippen molar-refractivity contribution < 1.29 is 9.90 Å². The van der Waals surface area contributed by atoms with Crippen LogP contribution in [0.3, 0.4) is 0 Å². The second-order valence-corrected chi connectivity index (χ2v) is 7.18. The lowest BCUT2D eigenvalue weighted by molar-refractivity contribution is 0.0500. The Labute approximate surface area is 148 Å². The first-order valence-corrected chi connectivity index (χ1v) is 9.10. The summed E-state index contributed by atoms with van der Waals surface area (Å²) in [6.45, 7) is 2.09. The Kier molecular flexibility index (Phi) is 5.44. The van der Waals surface area contributed by atoms with Crippen LogP contribution in [0.5, 0.6) is 0 Å². The molecular weight excluding hydrogens is 316 g/mol. The van der Waals surface area contributed by atoms with E-state index in [0.717, 1.165) is 57.3 Å². The Hall–Kier alpha value is -2.26. The van der Waals surface area contributed by atoms with Crippen molar-refractivity contribution in [2.24, 2.45) is 0 Å². The molecule has 1 heterocycles. The molecule has 1 aromatic rings. The summed E-state index contributed by atoms with van der Waals surface area (Å²) in [4.78, 5) is 14.3. The number of aliphatic hydroxyl groups is 1. The zero-order valence-electron chi connectivity index (χ0n) is 14.5. The summed E-state index contributed by atoms with van der Waals surface area (Å²) in [5.74, 6) is 0. The van der Waals surface area contributed by atoms with Crippen LogP contribution in [0.25, 0.3) is 0 Å². The van der Waals surface area contributed by atoms with Crippen molar-refractivity contribution in [3.05, 3.63) is 29.8 Å². The number of nitrogens with zero attached hydrogens (tertiary/aromatic N) is 2. The van der Waals surface area contributed by atoms with E-state index in [-0.39, 0.29) is 12.1 Å². The van der Waals surface area contributed by atoms with E-state index >= 15 is 0 Å². The fourth-order valence-corrected chi connectivity index (χ4v) is 3.72. The standard InChI is InChI=1S/C19H26N4O2/c20-13-15-3-5-17(6-4-15)23-11-7-16(8-12-23)22-18(24)21-14-19(25)9-1-2-10-19/h3-6,16,25H,1-2,7-12,14H2,(H2,21,22,24). The van der Waals surface area contributed by atoms with Gasteiger partial charge in [-0.05, 0) is 49.9 Å². The third-order valence-corrected chi connectivity index (χ3v) is 5.30. The van der Waals surface area contributed by atoms with E-state index in [1.165, 1.54) is 0 Å². The molecule has 25 heavy (non-hydrogen) atoms. The number of piperidine rings is 1. The monoisotopic (exact) mass is 342 g/mol. The highest BCUT2D eigenvalue weighted by Gasteiger charge is 2.31. The van der Waals surface area contributed by atoms with Gasteiger partial charge >= 0.3 is 6.03 Å². The number of carbonyl (C=O) groups excluding carboxylic acids is 1. The number of amides is 2. The molecule has 6 nitrogen and oxygen atoms in total. The summed E-state index contributed by atoms with van der Waals surface area (Å²) in [6.07, 6.45) is 5.39. The van der Waals surface area contributed by atoms with Crippen molar-refractivity contribution in [3.8, 4) is 6.07 Å². The molecule has 0 aromatic heterocycles. The summed E-state index contributed by atoms with van der Waals surface area (Å²) in [5.41, 5.74) is 1.07. The number of hydrogen-bond donors (Lipinski definition) is 3. The molecule has 0 unspecified atom stereocenters. The van der Waals surface area contributed by atoms with Gasteiger partial charge in [0.05, 0.1) is 17.2 Å². The fraction of sp³-hybridized carbons (Fsp3) is 0.579. The van der Waals surface area contributed by atoms with E-state index in [4.69, 9.17) is 5.26 Å². The van der Waals surface area contributed by atoms with Crippen molar-refractivity contribution in [1.82, 2.24) is 10.6 Å². The van der Waals surface area contributed by atoms with E-state index in [1.54, 1.807) is 0 Å². The number of hydrogen-bond acceptors (Lipinski definition) is 4. The zero-order chi connectivity index (χ0) is 17.7. The molecule has 0 spiro atoms. The van der Waals surface area contributed by atoms with Gasteiger partial charge in [0.15, 0.2) is 0 Å². The molecular formula is C19H26N4O2. The minimum atomic E-state index is -0.712. The number of nitriles is 1. The van der Waals surface area contributed by atoms with Gasteiger partial charge in [-0.25, -0.2) is 4.79 Å². The summed E-state index contributed by atoms with van der Waals surface area (Å²) < 4.78 is 0. The van der Waals surface area contributed by atoms with E-state index in [9.17, 15) is 9.90 Å². The zero-order valence-corrected chi connectivity index (χ0v) is 14.5. The number of rotatable bonds is 4. The third-order valence-electron chi connectivity index (χ3n) is 5.30. The van der Waals surface area contributed by atoms with Gasteiger partial charge in [-0.2, -0.15) is 5.26 Å². The van der Waals surface area contributed by atoms with Gasteiger partial charge in [0, 0.05) is 31.4 Å². The first-order chi connectivity index (χ1) is 12.1. The molecule has 0 radical (unpaired) electrons. The molecule has 2 amide bonds. The van der Waals surface area contributed by atoms with Crippen LogP contribution in [0.4, 0.5) is 10.5 Å². The Morgan fingerprint density at radius 1 is 1.24 bits per heavy atom. The van der Waals surface area contributed by atoms with Crippen molar-refractivity contribution in [2.45, 2.75) is 50.2 Å². The van der Waals surface area contributed by atoms with Crippen molar-refractivity contribution >= 4 is 11.7 Å². The number of urea groups is 1.